The molecule has 9 heteroatoms. The number of nitrogens with one attached hydrogen (secondary N) is 1. The van der Waals surface area contributed by atoms with Gasteiger partial charge in [-0.2, -0.15) is 9.37 Å². The number of benzene rings is 1. The first kappa shape index (κ1) is 14.6. The highest BCUT2D eigenvalue weighted by atomic mass is 19.1. The Morgan fingerprint density at radius 3 is 2.67 bits per heavy atom. The Bertz CT molecular complexity index is 709. The maximum atomic E-state index is 13.8. The van der Waals surface area contributed by atoms with E-state index in [0.29, 0.717) is 6.07 Å². The zero-order chi connectivity index (χ0) is 15.6. The number of nitrogens with zero attached hydrogens (tertiary/aromatic N) is 3. The van der Waals surface area contributed by atoms with Crippen LogP contribution in [0.3, 0.4) is 0 Å². The van der Waals surface area contributed by atoms with Crippen LogP contribution in [0.1, 0.15) is 5.56 Å². The summed E-state index contributed by atoms with van der Waals surface area (Å²) in [5.74, 6) is -2.63. The summed E-state index contributed by atoms with van der Waals surface area (Å²) in [6.07, 6.45) is 0.865. The van der Waals surface area contributed by atoms with Crippen molar-refractivity contribution in [1.82, 2.24) is 9.97 Å². The van der Waals surface area contributed by atoms with Crippen molar-refractivity contribution in [3.8, 4) is 11.6 Å². The molecule has 0 aliphatic carbocycles. The number of rotatable bonds is 4. The van der Waals surface area contributed by atoms with Crippen LogP contribution in [0.5, 0.6) is 11.6 Å². The summed E-state index contributed by atoms with van der Waals surface area (Å²) in [4.78, 5) is 17.3. The van der Waals surface area contributed by atoms with Gasteiger partial charge in [-0.15, -0.1) is 0 Å². The first-order valence-corrected chi connectivity index (χ1v) is 5.75. The van der Waals surface area contributed by atoms with Crippen molar-refractivity contribution in [3.05, 3.63) is 45.6 Å². The molecule has 2 aromatic rings. The van der Waals surface area contributed by atoms with Crippen molar-refractivity contribution in [2.24, 2.45) is 0 Å². The minimum atomic E-state index is -0.990. The topological polar surface area (TPSA) is 90.2 Å². The van der Waals surface area contributed by atoms with E-state index < -0.39 is 22.4 Å². The highest BCUT2D eigenvalue weighted by molar-refractivity contribution is 5.46. The molecule has 1 aromatic heterocycles. The van der Waals surface area contributed by atoms with Gasteiger partial charge in [-0.25, -0.2) is 9.37 Å². The molecule has 0 bridgehead atoms. The molecule has 0 aliphatic rings. The molecule has 0 saturated carbocycles. The summed E-state index contributed by atoms with van der Waals surface area (Å²) >= 11 is 0. The summed E-state index contributed by atoms with van der Waals surface area (Å²) in [7, 11) is 1.52. The molecule has 0 fully saturated rings. The normalized spacial score (nSPS) is 10.3. The number of aryl methyl sites for hydroxylation is 1. The Kier molecular flexibility index (Phi) is 3.92. The summed E-state index contributed by atoms with van der Waals surface area (Å²) < 4.78 is 32.3. The van der Waals surface area contributed by atoms with Gasteiger partial charge in [0.05, 0.1) is 17.2 Å². The fourth-order valence-corrected chi connectivity index (χ4v) is 1.57. The van der Waals surface area contributed by atoms with E-state index >= 15 is 0 Å². The molecule has 110 valence electrons. The van der Waals surface area contributed by atoms with Crippen LogP contribution in [0.2, 0.25) is 0 Å². The molecule has 0 saturated heterocycles. The van der Waals surface area contributed by atoms with E-state index in [2.05, 4.69) is 15.3 Å². The molecule has 0 aliphatic heterocycles. The summed E-state index contributed by atoms with van der Waals surface area (Å²) in [6.45, 7) is 1.42. The van der Waals surface area contributed by atoms with Gasteiger partial charge in [0.2, 0.25) is 11.8 Å². The first-order chi connectivity index (χ1) is 9.92. The number of nitro benzene ring substituents is 1. The van der Waals surface area contributed by atoms with E-state index in [0.717, 1.165) is 12.3 Å². The van der Waals surface area contributed by atoms with Gasteiger partial charge < -0.3 is 10.1 Å². The van der Waals surface area contributed by atoms with E-state index in [9.17, 15) is 18.9 Å². The fourth-order valence-electron chi connectivity index (χ4n) is 1.57. The lowest BCUT2D eigenvalue weighted by molar-refractivity contribution is -0.385. The number of nitro groups is 1. The number of anilines is 1. The van der Waals surface area contributed by atoms with Gasteiger partial charge in [-0.05, 0) is 13.0 Å². The van der Waals surface area contributed by atoms with Gasteiger partial charge in [0.25, 0.3) is 11.6 Å². The number of hydrogen-bond acceptors (Lipinski definition) is 6. The van der Waals surface area contributed by atoms with E-state index in [1.54, 1.807) is 0 Å². The number of halogens is 2. The molecule has 0 unspecified atom stereocenters. The van der Waals surface area contributed by atoms with E-state index in [4.69, 9.17) is 4.74 Å². The van der Waals surface area contributed by atoms with Crippen molar-refractivity contribution >= 4 is 11.6 Å². The SMILES string of the molecule is CNc1ncc(F)c(Oc2cc(C)c([N+](=O)[O-])cc2F)n1. The molecule has 0 radical (unpaired) electrons. The lowest BCUT2D eigenvalue weighted by atomic mass is 10.2. The van der Waals surface area contributed by atoms with Gasteiger partial charge in [-0.3, -0.25) is 10.1 Å². The van der Waals surface area contributed by atoms with Crippen LogP contribution in [0, 0.1) is 28.7 Å². The smallest absolute Gasteiger partial charge is 0.275 e. The zero-order valence-electron chi connectivity index (χ0n) is 11.1. The van der Waals surface area contributed by atoms with Crippen molar-refractivity contribution in [1.29, 1.82) is 0 Å². The Labute approximate surface area is 117 Å². The molecule has 0 spiro atoms. The predicted octanol–water partition coefficient (Wildman–Crippen LogP) is 2.81. The van der Waals surface area contributed by atoms with Crippen molar-refractivity contribution in [2.45, 2.75) is 6.92 Å². The summed E-state index contributed by atoms with van der Waals surface area (Å²) in [5.41, 5.74) is -0.210. The summed E-state index contributed by atoms with van der Waals surface area (Å²) in [5, 5.41) is 13.3. The minimum absolute atomic E-state index is 0.0884. The van der Waals surface area contributed by atoms with Crippen molar-refractivity contribution in [3.63, 3.8) is 0 Å². The summed E-state index contributed by atoms with van der Waals surface area (Å²) in [6, 6.07) is 1.82. The van der Waals surface area contributed by atoms with Crippen LogP contribution in [-0.2, 0) is 0 Å². The Balaban J connectivity index is 2.40. The molecule has 21 heavy (non-hydrogen) atoms. The van der Waals surface area contributed by atoms with Gasteiger partial charge in [0.1, 0.15) is 0 Å². The standard InChI is InChI=1S/C12H10F2N4O3/c1-6-3-10(7(13)4-9(6)18(19)20)21-11-8(14)5-16-12(15-2)17-11/h3-5H,1-2H3,(H,15,16,17). The molecule has 1 N–H and O–H groups in total. The first-order valence-electron chi connectivity index (χ1n) is 5.75. The molecular weight excluding hydrogens is 286 g/mol. The maximum Gasteiger partial charge on any atom is 0.275 e. The monoisotopic (exact) mass is 296 g/mol. The van der Waals surface area contributed by atoms with E-state index in [1.807, 2.05) is 0 Å². The third-order valence-electron chi connectivity index (χ3n) is 2.59. The van der Waals surface area contributed by atoms with Crippen LogP contribution in [0.15, 0.2) is 18.3 Å². The average molecular weight is 296 g/mol. The third-order valence-corrected chi connectivity index (χ3v) is 2.59. The van der Waals surface area contributed by atoms with Crippen molar-refractivity contribution < 1.29 is 18.4 Å². The minimum Gasteiger partial charge on any atom is -0.433 e. The fraction of sp³-hybridized carbons (Fsp3) is 0.167. The average Bonchev–Trinajstić information content (AvgIpc) is 2.44. The van der Waals surface area contributed by atoms with Gasteiger partial charge in [0, 0.05) is 12.6 Å². The molecule has 7 nitrogen and oxygen atoms in total. The van der Waals surface area contributed by atoms with Gasteiger partial charge >= 0.3 is 0 Å². The molecule has 0 amide bonds. The van der Waals surface area contributed by atoms with Crippen LogP contribution in [0.25, 0.3) is 0 Å². The van der Waals surface area contributed by atoms with Crippen LogP contribution >= 0.6 is 0 Å². The van der Waals surface area contributed by atoms with Gasteiger partial charge in [-0.1, -0.05) is 0 Å². The molecule has 1 aromatic carbocycles. The van der Waals surface area contributed by atoms with Crippen LogP contribution in [-0.4, -0.2) is 21.9 Å². The Hall–Kier alpha value is -2.84. The highest BCUT2D eigenvalue weighted by Gasteiger charge is 2.18. The second-order valence-electron chi connectivity index (χ2n) is 4.02. The number of hydrogen-bond donors (Lipinski definition) is 1. The number of aromatic nitrogens is 2. The highest BCUT2D eigenvalue weighted by Crippen LogP contribution is 2.30. The lowest BCUT2D eigenvalue weighted by Crippen LogP contribution is -2.02. The maximum absolute atomic E-state index is 13.8. The third kappa shape index (κ3) is 3.02. The Morgan fingerprint density at radius 2 is 2.05 bits per heavy atom. The molecule has 2 rings (SSSR count). The molecule has 0 atom stereocenters. The van der Waals surface area contributed by atoms with E-state index in [1.165, 1.54) is 14.0 Å². The zero-order valence-corrected chi connectivity index (χ0v) is 11.1. The predicted molar refractivity (Wildman–Crippen MR) is 69.4 cm³/mol. The number of ether oxygens (including phenoxy) is 1. The van der Waals surface area contributed by atoms with Gasteiger partial charge in [0.15, 0.2) is 11.6 Å². The second-order valence-corrected chi connectivity index (χ2v) is 4.02. The molecular formula is C12H10F2N4O3. The molecule has 1 heterocycles. The van der Waals surface area contributed by atoms with E-state index in [-0.39, 0.29) is 22.9 Å². The van der Waals surface area contributed by atoms with Crippen LogP contribution in [0.4, 0.5) is 20.4 Å². The van der Waals surface area contributed by atoms with Crippen LogP contribution < -0.4 is 10.1 Å². The second kappa shape index (κ2) is 5.65. The quantitative estimate of drug-likeness (QED) is 0.689. The van der Waals surface area contributed by atoms with Crippen molar-refractivity contribution in [2.75, 3.05) is 12.4 Å². The Morgan fingerprint density at radius 1 is 1.33 bits per heavy atom. The largest absolute Gasteiger partial charge is 0.433 e. The lowest BCUT2D eigenvalue weighted by Gasteiger charge is -2.08.